The number of nitrogens with one attached hydrogen (secondary N) is 1. The molecule has 0 aromatic heterocycles. The van der Waals surface area contributed by atoms with Crippen molar-refractivity contribution in [2.45, 2.75) is 6.92 Å². The second-order valence-electron chi connectivity index (χ2n) is 6.13. The van der Waals surface area contributed by atoms with E-state index in [4.69, 9.17) is 21.1 Å². The lowest BCUT2D eigenvalue weighted by Gasteiger charge is -2.13. The summed E-state index contributed by atoms with van der Waals surface area (Å²) in [4.78, 5) is 24.2. The first-order valence-electron chi connectivity index (χ1n) is 8.68. The summed E-state index contributed by atoms with van der Waals surface area (Å²) >= 11 is 5.82. The van der Waals surface area contributed by atoms with Gasteiger partial charge >= 0.3 is 5.97 Å². The number of carbonyl (C=O) groups excluding carboxylic acids is 2. The van der Waals surface area contributed by atoms with Crippen molar-refractivity contribution in [3.05, 3.63) is 88.7 Å². The van der Waals surface area contributed by atoms with Crippen molar-refractivity contribution in [2.24, 2.45) is 0 Å². The Balaban J connectivity index is 1.64. The maximum absolute atomic E-state index is 13.8. The molecule has 0 radical (unpaired) electrons. The van der Waals surface area contributed by atoms with E-state index in [0.29, 0.717) is 17.2 Å². The minimum Gasteiger partial charge on any atom is -0.455 e. The number of rotatable bonds is 6. The molecular formula is C22H17ClFNO4. The van der Waals surface area contributed by atoms with Crippen LogP contribution in [0.4, 0.5) is 10.1 Å². The first kappa shape index (κ1) is 20.4. The highest BCUT2D eigenvalue weighted by atomic mass is 35.5. The largest absolute Gasteiger partial charge is 0.455 e. The van der Waals surface area contributed by atoms with E-state index < -0.39 is 29.9 Å². The van der Waals surface area contributed by atoms with E-state index in [9.17, 15) is 14.0 Å². The third-order valence-corrected chi connectivity index (χ3v) is 4.23. The van der Waals surface area contributed by atoms with Gasteiger partial charge < -0.3 is 14.8 Å². The average molecular weight is 414 g/mol. The predicted octanol–water partition coefficient (Wildman–Crippen LogP) is 5.38. The van der Waals surface area contributed by atoms with Crippen LogP contribution < -0.4 is 10.1 Å². The van der Waals surface area contributed by atoms with Gasteiger partial charge in [-0.3, -0.25) is 4.79 Å². The molecule has 3 aromatic rings. The summed E-state index contributed by atoms with van der Waals surface area (Å²) in [6.07, 6.45) is 0. The fourth-order valence-corrected chi connectivity index (χ4v) is 2.71. The highest BCUT2D eigenvalue weighted by Crippen LogP contribution is 2.29. The Hall–Kier alpha value is -3.38. The highest BCUT2D eigenvalue weighted by molar-refractivity contribution is 6.33. The molecule has 7 heteroatoms. The molecule has 0 fully saturated rings. The zero-order valence-electron chi connectivity index (χ0n) is 15.4. The number of hydrogen-bond donors (Lipinski definition) is 1. The Kier molecular flexibility index (Phi) is 6.46. The fraction of sp³-hybridized carbons (Fsp3) is 0.0909. The summed E-state index contributed by atoms with van der Waals surface area (Å²) < 4.78 is 24.4. The van der Waals surface area contributed by atoms with E-state index in [-0.39, 0.29) is 5.02 Å². The van der Waals surface area contributed by atoms with E-state index >= 15 is 0 Å². The van der Waals surface area contributed by atoms with E-state index in [1.807, 2.05) is 31.2 Å². The van der Waals surface area contributed by atoms with Crippen molar-refractivity contribution in [3.8, 4) is 11.5 Å². The second-order valence-corrected chi connectivity index (χ2v) is 6.54. The second kappa shape index (κ2) is 9.21. The summed E-state index contributed by atoms with van der Waals surface area (Å²) in [7, 11) is 0. The minimum absolute atomic E-state index is 0.0905. The van der Waals surface area contributed by atoms with Crippen molar-refractivity contribution in [1.29, 1.82) is 0 Å². The number of hydrogen-bond acceptors (Lipinski definition) is 4. The van der Waals surface area contributed by atoms with Crippen molar-refractivity contribution in [1.82, 2.24) is 0 Å². The van der Waals surface area contributed by atoms with Crippen molar-refractivity contribution in [2.75, 3.05) is 11.9 Å². The molecule has 1 N–H and O–H groups in total. The average Bonchev–Trinajstić information content (AvgIpc) is 2.69. The number of para-hydroxylation sites is 2. The number of aryl methyl sites for hydroxylation is 1. The van der Waals surface area contributed by atoms with Crippen LogP contribution in [0.1, 0.15) is 15.9 Å². The summed E-state index contributed by atoms with van der Waals surface area (Å²) in [6, 6.07) is 18.1. The number of halogens is 2. The van der Waals surface area contributed by atoms with E-state index in [1.165, 1.54) is 12.1 Å². The Bertz CT molecular complexity index is 1020. The maximum Gasteiger partial charge on any atom is 0.343 e. The lowest BCUT2D eigenvalue weighted by molar-refractivity contribution is -0.119. The maximum atomic E-state index is 13.8. The van der Waals surface area contributed by atoms with Gasteiger partial charge in [0.25, 0.3) is 5.91 Å². The molecule has 0 unspecified atom stereocenters. The molecule has 0 aliphatic rings. The van der Waals surface area contributed by atoms with Gasteiger partial charge in [-0.15, -0.1) is 0 Å². The summed E-state index contributed by atoms with van der Waals surface area (Å²) in [5.41, 5.74) is 1.08. The lowest BCUT2D eigenvalue weighted by atomic mass is 10.2. The number of ether oxygens (including phenoxy) is 2. The molecular weight excluding hydrogens is 397 g/mol. The smallest absolute Gasteiger partial charge is 0.343 e. The molecule has 0 saturated heterocycles. The molecule has 0 atom stereocenters. The number of amides is 1. The third-order valence-electron chi connectivity index (χ3n) is 3.91. The van der Waals surface area contributed by atoms with Crippen LogP contribution in [0, 0.1) is 12.7 Å². The molecule has 0 aliphatic heterocycles. The number of esters is 1. The van der Waals surface area contributed by atoms with Gasteiger partial charge in [-0.2, -0.15) is 0 Å². The van der Waals surface area contributed by atoms with E-state index in [0.717, 1.165) is 11.6 Å². The first-order valence-corrected chi connectivity index (χ1v) is 9.06. The van der Waals surface area contributed by atoms with Gasteiger partial charge in [0, 0.05) is 0 Å². The Morgan fingerprint density at radius 1 is 1.00 bits per heavy atom. The topological polar surface area (TPSA) is 64.6 Å². The standard InChI is InChI=1S/C22H17ClFNO4/c1-14-9-11-15(12-10-14)29-19-8-3-2-7-18(19)25-20(26)13-28-22(27)21-16(23)5-4-6-17(21)24/h2-12H,13H2,1H3,(H,25,26). The van der Waals surface area contributed by atoms with Gasteiger partial charge in [-0.1, -0.05) is 47.5 Å². The molecule has 148 valence electrons. The van der Waals surface area contributed by atoms with Crippen LogP contribution in [0.25, 0.3) is 0 Å². The summed E-state index contributed by atoms with van der Waals surface area (Å²) in [6.45, 7) is 1.36. The van der Waals surface area contributed by atoms with Crippen molar-refractivity contribution < 1.29 is 23.5 Å². The Morgan fingerprint density at radius 2 is 1.72 bits per heavy atom. The molecule has 0 spiro atoms. The Morgan fingerprint density at radius 3 is 2.45 bits per heavy atom. The number of benzene rings is 3. The van der Waals surface area contributed by atoms with Crippen LogP contribution in [-0.2, 0) is 9.53 Å². The third kappa shape index (κ3) is 5.33. The van der Waals surface area contributed by atoms with Crippen LogP contribution in [0.2, 0.25) is 5.02 Å². The molecule has 3 aromatic carbocycles. The highest BCUT2D eigenvalue weighted by Gasteiger charge is 2.19. The first-order chi connectivity index (χ1) is 13.9. The Labute approximate surface area is 172 Å². The van der Waals surface area contributed by atoms with E-state index in [1.54, 1.807) is 24.3 Å². The summed E-state index contributed by atoms with van der Waals surface area (Å²) in [5, 5.41) is 2.52. The van der Waals surface area contributed by atoms with Crippen LogP contribution in [0.5, 0.6) is 11.5 Å². The molecule has 1 amide bonds. The van der Waals surface area contributed by atoms with Crippen LogP contribution in [-0.4, -0.2) is 18.5 Å². The summed E-state index contributed by atoms with van der Waals surface area (Å²) in [5.74, 6) is -1.41. The zero-order valence-corrected chi connectivity index (χ0v) is 16.2. The normalized spacial score (nSPS) is 10.3. The molecule has 29 heavy (non-hydrogen) atoms. The molecule has 5 nitrogen and oxygen atoms in total. The molecule has 0 saturated carbocycles. The van der Waals surface area contributed by atoms with Gasteiger partial charge in [0.15, 0.2) is 12.4 Å². The predicted molar refractivity (Wildman–Crippen MR) is 108 cm³/mol. The van der Waals surface area contributed by atoms with Crippen LogP contribution >= 0.6 is 11.6 Å². The van der Waals surface area contributed by atoms with Crippen molar-refractivity contribution >= 4 is 29.2 Å². The molecule has 0 aliphatic carbocycles. The van der Waals surface area contributed by atoms with Gasteiger partial charge in [0.05, 0.1) is 10.7 Å². The fourth-order valence-electron chi connectivity index (χ4n) is 2.47. The van der Waals surface area contributed by atoms with Crippen molar-refractivity contribution in [3.63, 3.8) is 0 Å². The quantitative estimate of drug-likeness (QED) is 0.551. The minimum atomic E-state index is -1.02. The van der Waals surface area contributed by atoms with Gasteiger partial charge in [-0.05, 0) is 43.3 Å². The monoisotopic (exact) mass is 413 g/mol. The van der Waals surface area contributed by atoms with Crippen LogP contribution in [0.3, 0.4) is 0 Å². The van der Waals surface area contributed by atoms with Gasteiger partial charge in [0.1, 0.15) is 17.1 Å². The zero-order chi connectivity index (χ0) is 20.8. The van der Waals surface area contributed by atoms with Gasteiger partial charge in [0.2, 0.25) is 0 Å². The van der Waals surface area contributed by atoms with Gasteiger partial charge in [-0.25, -0.2) is 9.18 Å². The van der Waals surface area contributed by atoms with Crippen LogP contribution in [0.15, 0.2) is 66.7 Å². The molecule has 0 heterocycles. The SMILES string of the molecule is Cc1ccc(Oc2ccccc2NC(=O)COC(=O)c2c(F)cccc2Cl)cc1. The number of anilines is 1. The molecule has 3 rings (SSSR count). The van der Waals surface area contributed by atoms with E-state index in [2.05, 4.69) is 5.32 Å². The molecule has 0 bridgehead atoms. The lowest BCUT2D eigenvalue weighted by Crippen LogP contribution is -2.21. The number of carbonyl (C=O) groups is 2.